The lowest BCUT2D eigenvalue weighted by Crippen LogP contribution is -2.40. The monoisotopic (exact) mass is 187 g/mol. The van der Waals surface area contributed by atoms with Crippen molar-refractivity contribution < 1.29 is 9.84 Å². The average molecular weight is 187 g/mol. The van der Waals surface area contributed by atoms with Gasteiger partial charge in [0, 0.05) is 12.6 Å². The van der Waals surface area contributed by atoms with Gasteiger partial charge in [-0.15, -0.1) is 0 Å². The Labute approximate surface area is 80.7 Å². The Morgan fingerprint density at radius 3 is 2.54 bits per heavy atom. The van der Waals surface area contributed by atoms with Crippen molar-refractivity contribution in [3.63, 3.8) is 0 Å². The van der Waals surface area contributed by atoms with Crippen LogP contribution in [0.15, 0.2) is 0 Å². The van der Waals surface area contributed by atoms with Gasteiger partial charge >= 0.3 is 0 Å². The third kappa shape index (κ3) is 2.93. The summed E-state index contributed by atoms with van der Waals surface area (Å²) in [4.78, 5) is 2.19. The summed E-state index contributed by atoms with van der Waals surface area (Å²) in [6, 6.07) is 0.463. The fraction of sp³-hybridized carbons (Fsp3) is 1.00. The molecule has 1 heterocycles. The first-order chi connectivity index (χ1) is 6.00. The number of ether oxygens (including phenoxy) is 1. The molecular formula is C10H21NO2. The Balaban J connectivity index is 2.42. The zero-order chi connectivity index (χ0) is 10.0. The molecule has 1 saturated heterocycles. The van der Waals surface area contributed by atoms with Crippen LogP contribution < -0.4 is 0 Å². The summed E-state index contributed by atoms with van der Waals surface area (Å²) in [5.74, 6) is 0. The number of hydrogen-bond donors (Lipinski definition) is 1. The summed E-state index contributed by atoms with van der Waals surface area (Å²) in [6.45, 7) is 6.75. The topological polar surface area (TPSA) is 32.7 Å². The van der Waals surface area contributed by atoms with Gasteiger partial charge in [-0.25, -0.2) is 0 Å². The number of aliphatic hydroxyl groups excluding tert-OH is 1. The number of rotatable bonds is 3. The molecule has 0 radical (unpaired) electrons. The first kappa shape index (κ1) is 11.0. The van der Waals surface area contributed by atoms with Gasteiger partial charge in [0.1, 0.15) is 0 Å². The molecule has 0 aliphatic carbocycles. The van der Waals surface area contributed by atoms with Gasteiger partial charge in [0.25, 0.3) is 0 Å². The number of nitrogens with zero attached hydrogens (tertiary/aromatic N) is 1. The van der Waals surface area contributed by atoms with E-state index in [0.29, 0.717) is 18.2 Å². The largest absolute Gasteiger partial charge is 0.392 e. The van der Waals surface area contributed by atoms with E-state index >= 15 is 0 Å². The minimum atomic E-state index is -0.256. The molecule has 0 bridgehead atoms. The highest BCUT2D eigenvalue weighted by atomic mass is 16.5. The second kappa shape index (κ2) is 4.40. The maximum Gasteiger partial charge on any atom is 0.0706 e. The van der Waals surface area contributed by atoms with Crippen LogP contribution in [-0.4, -0.2) is 48.0 Å². The van der Waals surface area contributed by atoms with Gasteiger partial charge in [-0.3, -0.25) is 4.90 Å². The fourth-order valence-corrected chi connectivity index (χ4v) is 2.13. The fourth-order valence-electron chi connectivity index (χ4n) is 2.13. The molecule has 1 fully saturated rings. The maximum atomic E-state index is 9.25. The molecule has 1 rings (SSSR count). The van der Waals surface area contributed by atoms with Crippen LogP contribution in [0.1, 0.15) is 27.2 Å². The third-order valence-corrected chi connectivity index (χ3v) is 2.68. The van der Waals surface area contributed by atoms with Crippen molar-refractivity contribution in [2.75, 3.05) is 13.6 Å². The molecule has 0 aromatic heterocycles. The van der Waals surface area contributed by atoms with Crippen molar-refractivity contribution in [1.29, 1.82) is 0 Å². The molecule has 0 spiro atoms. The van der Waals surface area contributed by atoms with Crippen LogP contribution in [0.25, 0.3) is 0 Å². The Bertz CT molecular complexity index is 161. The molecule has 0 aromatic rings. The van der Waals surface area contributed by atoms with Crippen LogP contribution in [0.5, 0.6) is 0 Å². The Hall–Kier alpha value is -0.120. The van der Waals surface area contributed by atoms with Crippen LogP contribution in [0.3, 0.4) is 0 Å². The lowest BCUT2D eigenvalue weighted by Gasteiger charge is -2.27. The minimum Gasteiger partial charge on any atom is -0.392 e. The van der Waals surface area contributed by atoms with Crippen molar-refractivity contribution in [1.82, 2.24) is 4.90 Å². The van der Waals surface area contributed by atoms with E-state index < -0.39 is 0 Å². The van der Waals surface area contributed by atoms with Crippen molar-refractivity contribution in [2.24, 2.45) is 0 Å². The quantitative estimate of drug-likeness (QED) is 0.711. The number of likely N-dealkylation sites (N-methyl/N-ethyl adjacent to an activating group) is 1. The number of hydrogen-bond acceptors (Lipinski definition) is 3. The van der Waals surface area contributed by atoms with Crippen LogP contribution in [0, 0.1) is 0 Å². The van der Waals surface area contributed by atoms with E-state index in [0.717, 1.165) is 13.0 Å². The van der Waals surface area contributed by atoms with Crippen LogP contribution >= 0.6 is 0 Å². The van der Waals surface area contributed by atoms with E-state index in [-0.39, 0.29) is 6.10 Å². The zero-order valence-corrected chi connectivity index (χ0v) is 9.03. The number of aliphatic hydroxyl groups is 1. The molecule has 78 valence electrons. The van der Waals surface area contributed by atoms with Crippen molar-refractivity contribution in [2.45, 2.75) is 51.5 Å². The van der Waals surface area contributed by atoms with Crippen LogP contribution in [0.4, 0.5) is 0 Å². The Morgan fingerprint density at radius 1 is 1.54 bits per heavy atom. The highest BCUT2D eigenvalue weighted by molar-refractivity contribution is 4.84. The first-order valence-corrected chi connectivity index (χ1v) is 5.04. The van der Waals surface area contributed by atoms with Gasteiger partial charge in [0.05, 0.1) is 18.3 Å². The summed E-state index contributed by atoms with van der Waals surface area (Å²) in [5, 5.41) is 9.25. The van der Waals surface area contributed by atoms with Crippen LogP contribution in [-0.2, 0) is 4.74 Å². The predicted molar refractivity (Wildman–Crippen MR) is 52.7 cm³/mol. The molecular weight excluding hydrogens is 166 g/mol. The predicted octanol–water partition coefficient (Wildman–Crippen LogP) is 0.865. The van der Waals surface area contributed by atoms with Crippen molar-refractivity contribution >= 4 is 0 Å². The zero-order valence-electron chi connectivity index (χ0n) is 9.03. The lowest BCUT2D eigenvalue weighted by atomic mass is 10.1. The summed E-state index contributed by atoms with van der Waals surface area (Å²) in [5.41, 5.74) is 0. The minimum absolute atomic E-state index is 0.256. The highest BCUT2D eigenvalue weighted by Crippen LogP contribution is 2.23. The maximum absolute atomic E-state index is 9.25. The van der Waals surface area contributed by atoms with E-state index in [9.17, 15) is 5.11 Å². The molecule has 3 nitrogen and oxygen atoms in total. The standard InChI is InChI=1S/C10H21NO2/c1-7(12)6-11(4)10-5-8(2)13-9(10)3/h7-10,12H,5-6H2,1-4H3. The molecule has 1 aliphatic heterocycles. The van der Waals surface area contributed by atoms with Gasteiger partial charge in [0.15, 0.2) is 0 Å². The molecule has 4 atom stereocenters. The third-order valence-electron chi connectivity index (χ3n) is 2.68. The average Bonchev–Trinajstić information content (AvgIpc) is 2.28. The molecule has 1 N–H and O–H groups in total. The molecule has 4 unspecified atom stereocenters. The van der Waals surface area contributed by atoms with E-state index in [1.165, 1.54) is 0 Å². The second-order valence-electron chi connectivity index (χ2n) is 4.24. The Morgan fingerprint density at radius 2 is 2.15 bits per heavy atom. The summed E-state index contributed by atoms with van der Waals surface area (Å²) >= 11 is 0. The van der Waals surface area contributed by atoms with Gasteiger partial charge in [0.2, 0.25) is 0 Å². The summed E-state index contributed by atoms with van der Waals surface area (Å²) < 4.78 is 5.65. The van der Waals surface area contributed by atoms with Crippen LogP contribution in [0.2, 0.25) is 0 Å². The summed E-state index contributed by atoms with van der Waals surface area (Å²) in [7, 11) is 2.05. The highest BCUT2D eigenvalue weighted by Gasteiger charge is 2.32. The molecule has 0 amide bonds. The van der Waals surface area contributed by atoms with Crippen molar-refractivity contribution in [3.05, 3.63) is 0 Å². The molecule has 0 saturated carbocycles. The summed E-state index contributed by atoms with van der Waals surface area (Å²) in [6.07, 6.45) is 1.47. The first-order valence-electron chi connectivity index (χ1n) is 5.04. The SMILES string of the molecule is CC(O)CN(C)C1CC(C)OC1C. The van der Waals surface area contributed by atoms with E-state index in [2.05, 4.69) is 25.8 Å². The molecule has 3 heteroatoms. The van der Waals surface area contributed by atoms with E-state index in [1.54, 1.807) is 0 Å². The van der Waals surface area contributed by atoms with Gasteiger partial charge in [-0.05, 0) is 34.2 Å². The Kier molecular flexibility index (Phi) is 3.71. The van der Waals surface area contributed by atoms with E-state index in [4.69, 9.17) is 4.74 Å². The van der Waals surface area contributed by atoms with Gasteiger partial charge in [-0.1, -0.05) is 0 Å². The normalized spacial score (nSPS) is 36.9. The lowest BCUT2D eigenvalue weighted by molar-refractivity contribution is 0.0371. The smallest absolute Gasteiger partial charge is 0.0706 e. The van der Waals surface area contributed by atoms with E-state index in [1.807, 2.05) is 6.92 Å². The van der Waals surface area contributed by atoms with Crippen molar-refractivity contribution in [3.8, 4) is 0 Å². The van der Waals surface area contributed by atoms with Gasteiger partial charge < -0.3 is 9.84 Å². The molecule has 0 aromatic carbocycles. The van der Waals surface area contributed by atoms with Gasteiger partial charge in [-0.2, -0.15) is 0 Å². The molecule has 1 aliphatic rings. The second-order valence-corrected chi connectivity index (χ2v) is 4.24. The molecule has 13 heavy (non-hydrogen) atoms.